The summed E-state index contributed by atoms with van der Waals surface area (Å²) in [7, 11) is 2.04. The van der Waals surface area contributed by atoms with Gasteiger partial charge in [0.1, 0.15) is 11.2 Å². The highest BCUT2D eigenvalue weighted by Gasteiger charge is 2.28. The highest BCUT2D eigenvalue weighted by molar-refractivity contribution is 6.43. The highest BCUT2D eigenvalue weighted by atomic mass is 35.5. The summed E-state index contributed by atoms with van der Waals surface area (Å²) in [5.41, 5.74) is 4.54. The predicted octanol–water partition coefficient (Wildman–Crippen LogP) is 4.51. The number of benzene rings is 1. The average Bonchev–Trinajstić information content (AvgIpc) is 3.07. The molecule has 5 nitrogen and oxygen atoms in total. The summed E-state index contributed by atoms with van der Waals surface area (Å²) < 4.78 is 0. The second-order valence-electron chi connectivity index (χ2n) is 7.06. The number of nitrogens with one attached hydrogen (secondary N) is 2. The van der Waals surface area contributed by atoms with Crippen LogP contribution in [0.3, 0.4) is 0 Å². The molecule has 3 aromatic rings. The van der Waals surface area contributed by atoms with Crippen LogP contribution in [-0.4, -0.2) is 40.9 Å². The largest absolute Gasteiger partial charge is 0.370 e. The Kier molecular flexibility index (Phi) is 4.55. The second kappa shape index (κ2) is 6.72. The van der Waals surface area contributed by atoms with Gasteiger partial charge in [0.25, 0.3) is 0 Å². The number of aromatic nitrogens is 3. The Hall–Kier alpha value is -1.82. The molecule has 0 saturated carbocycles. The molecule has 26 heavy (non-hydrogen) atoms. The molecule has 4 rings (SSSR count). The molecule has 0 unspecified atom stereocenters. The van der Waals surface area contributed by atoms with Crippen molar-refractivity contribution in [1.29, 1.82) is 0 Å². The van der Waals surface area contributed by atoms with Crippen LogP contribution in [0, 0.1) is 0 Å². The molecule has 2 aromatic heterocycles. The van der Waals surface area contributed by atoms with Gasteiger partial charge in [-0.3, -0.25) is 10.1 Å². The van der Waals surface area contributed by atoms with Gasteiger partial charge in [-0.25, -0.2) is 0 Å². The molecule has 1 saturated heterocycles. The smallest absolute Gasteiger partial charge is 0.120 e. The molecule has 3 heterocycles. The normalized spacial score (nSPS) is 17.0. The maximum absolute atomic E-state index is 6.35. The first-order valence-corrected chi connectivity index (χ1v) is 9.49. The van der Waals surface area contributed by atoms with Gasteiger partial charge in [0.2, 0.25) is 0 Å². The van der Waals surface area contributed by atoms with Crippen LogP contribution in [0.5, 0.6) is 0 Å². The maximum Gasteiger partial charge on any atom is 0.120 e. The van der Waals surface area contributed by atoms with Crippen LogP contribution in [0.2, 0.25) is 10.0 Å². The third-order valence-corrected chi connectivity index (χ3v) is 6.25. The third-order valence-electron chi connectivity index (χ3n) is 5.43. The predicted molar refractivity (Wildman–Crippen MR) is 108 cm³/mol. The fourth-order valence-electron chi connectivity index (χ4n) is 3.45. The quantitative estimate of drug-likeness (QED) is 0.691. The Morgan fingerprint density at radius 3 is 2.73 bits per heavy atom. The van der Waals surface area contributed by atoms with Gasteiger partial charge >= 0.3 is 0 Å². The van der Waals surface area contributed by atoms with Crippen molar-refractivity contribution in [2.75, 3.05) is 25.0 Å². The van der Waals surface area contributed by atoms with Gasteiger partial charge in [-0.15, -0.1) is 0 Å². The second-order valence-corrected chi connectivity index (χ2v) is 7.85. The van der Waals surface area contributed by atoms with Crippen molar-refractivity contribution in [3.05, 3.63) is 40.5 Å². The first-order valence-electron chi connectivity index (χ1n) is 8.73. The van der Waals surface area contributed by atoms with Gasteiger partial charge in [-0.2, -0.15) is 5.10 Å². The fraction of sp³-hybridized carbons (Fsp3) is 0.368. The summed E-state index contributed by atoms with van der Waals surface area (Å²) in [6.07, 6.45) is 4.13. The number of pyridine rings is 1. The number of hydrogen-bond donors (Lipinski definition) is 2. The van der Waals surface area contributed by atoms with Crippen LogP contribution in [-0.2, 0) is 0 Å². The number of nitrogens with zero attached hydrogens (tertiary/aromatic N) is 3. The summed E-state index contributed by atoms with van der Waals surface area (Å²) in [5, 5.41) is 12.0. The number of hydrogen-bond acceptors (Lipinski definition) is 4. The van der Waals surface area contributed by atoms with E-state index in [1.807, 2.05) is 25.4 Å². The van der Waals surface area contributed by atoms with Gasteiger partial charge < -0.3 is 10.2 Å². The van der Waals surface area contributed by atoms with Crippen molar-refractivity contribution in [3.8, 4) is 11.3 Å². The summed E-state index contributed by atoms with van der Waals surface area (Å²) in [6.45, 7) is 4.29. The van der Waals surface area contributed by atoms with E-state index in [4.69, 9.17) is 23.2 Å². The topological polar surface area (TPSA) is 56.8 Å². The van der Waals surface area contributed by atoms with Gasteiger partial charge in [0.15, 0.2) is 0 Å². The lowest BCUT2D eigenvalue weighted by molar-refractivity contribution is 0.305. The molecule has 1 aromatic carbocycles. The number of halogens is 2. The van der Waals surface area contributed by atoms with Crippen LogP contribution < -0.4 is 10.2 Å². The number of fused-ring (bicyclic) bond motifs is 1. The maximum atomic E-state index is 6.35. The SMILES string of the molecule is CNC1(C)CCN(c2cnc3c(-c4cccc(Cl)c4Cl)n[nH]c3c2)CC1. The first kappa shape index (κ1) is 17.6. The van der Waals surface area contributed by atoms with Gasteiger partial charge in [-0.1, -0.05) is 35.3 Å². The standard InChI is InChI=1S/C19H21Cl2N5/c1-19(22-2)6-8-26(9-7-19)12-10-15-18(23-11-12)17(25-24-15)13-4-3-5-14(20)16(13)21/h3-5,10-11,22H,6-9H2,1-2H3,(H,24,25). The molecule has 0 spiro atoms. The first-order chi connectivity index (χ1) is 12.5. The monoisotopic (exact) mass is 389 g/mol. The number of H-pyrrole nitrogens is 1. The minimum atomic E-state index is 0.221. The zero-order valence-electron chi connectivity index (χ0n) is 14.8. The third kappa shape index (κ3) is 3.04. The molecule has 0 aliphatic carbocycles. The molecule has 1 aliphatic rings. The average molecular weight is 390 g/mol. The Bertz CT molecular complexity index is 944. The fourth-order valence-corrected chi connectivity index (χ4v) is 3.84. The number of piperidine rings is 1. The molecule has 1 fully saturated rings. The Morgan fingerprint density at radius 2 is 2.00 bits per heavy atom. The van der Waals surface area contributed by atoms with E-state index in [1.54, 1.807) is 6.07 Å². The zero-order valence-corrected chi connectivity index (χ0v) is 16.3. The van der Waals surface area contributed by atoms with Crippen LogP contribution >= 0.6 is 23.2 Å². The molecule has 0 amide bonds. The number of aromatic amines is 1. The summed E-state index contributed by atoms with van der Waals surface area (Å²) in [4.78, 5) is 7.04. The van der Waals surface area contributed by atoms with E-state index in [-0.39, 0.29) is 5.54 Å². The van der Waals surface area contributed by atoms with E-state index in [9.17, 15) is 0 Å². The van der Waals surface area contributed by atoms with E-state index in [1.165, 1.54) is 0 Å². The van der Waals surface area contributed by atoms with Crippen molar-refractivity contribution in [2.45, 2.75) is 25.3 Å². The molecule has 0 bridgehead atoms. The highest BCUT2D eigenvalue weighted by Crippen LogP contribution is 2.36. The van der Waals surface area contributed by atoms with Crippen LogP contribution in [0.4, 0.5) is 5.69 Å². The molecular formula is C19H21Cl2N5. The number of anilines is 1. The molecule has 7 heteroatoms. The van der Waals surface area contributed by atoms with Crippen molar-refractivity contribution in [1.82, 2.24) is 20.5 Å². The number of rotatable bonds is 3. The van der Waals surface area contributed by atoms with Gasteiger partial charge in [0, 0.05) is 24.2 Å². The van der Waals surface area contributed by atoms with Crippen molar-refractivity contribution >= 4 is 39.9 Å². The van der Waals surface area contributed by atoms with Crippen LogP contribution in [0.1, 0.15) is 19.8 Å². The summed E-state index contributed by atoms with van der Waals surface area (Å²) >= 11 is 12.5. The van der Waals surface area contributed by atoms with Crippen LogP contribution in [0.15, 0.2) is 30.5 Å². The lowest BCUT2D eigenvalue weighted by atomic mass is 9.90. The molecule has 1 aliphatic heterocycles. The molecule has 2 N–H and O–H groups in total. The minimum Gasteiger partial charge on any atom is -0.370 e. The minimum absolute atomic E-state index is 0.221. The Labute approximate surface area is 162 Å². The van der Waals surface area contributed by atoms with Crippen molar-refractivity contribution in [3.63, 3.8) is 0 Å². The van der Waals surface area contributed by atoms with Crippen molar-refractivity contribution in [2.24, 2.45) is 0 Å². The molecular weight excluding hydrogens is 369 g/mol. The van der Waals surface area contributed by atoms with Gasteiger partial charge in [-0.05, 0) is 38.9 Å². The summed E-state index contributed by atoms with van der Waals surface area (Å²) in [5.74, 6) is 0. The molecule has 0 atom stereocenters. The summed E-state index contributed by atoms with van der Waals surface area (Å²) in [6, 6.07) is 7.65. The lowest BCUT2D eigenvalue weighted by Gasteiger charge is -2.40. The molecule has 0 radical (unpaired) electrons. The van der Waals surface area contributed by atoms with Crippen LogP contribution in [0.25, 0.3) is 22.3 Å². The Balaban J connectivity index is 1.65. The van der Waals surface area contributed by atoms with Gasteiger partial charge in [0.05, 0.1) is 27.4 Å². The van der Waals surface area contributed by atoms with E-state index >= 15 is 0 Å². The van der Waals surface area contributed by atoms with E-state index in [0.29, 0.717) is 10.0 Å². The zero-order chi connectivity index (χ0) is 18.3. The van der Waals surface area contributed by atoms with Crippen molar-refractivity contribution < 1.29 is 0 Å². The Morgan fingerprint density at radius 1 is 1.23 bits per heavy atom. The van der Waals surface area contributed by atoms with E-state index < -0.39 is 0 Å². The molecule has 136 valence electrons. The van der Waals surface area contributed by atoms with E-state index in [0.717, 1.165) is 53.9 Å². The van der Waals surface area contributed by atoms with E-state index in [2.05, 4.69) is 38.4 Å². The lowest BCUT2D eigenvalue weighted by Crippen LogP contribution is -2.50.